The Balaban J connectivity index is 1.31. The molecule has 2 bridgehead atoms. The molecule has 3 aromatic heterocycles. The molecule has 1 aliphatic heterocycles. The van der Waals surface area contributed by atoms with Crippen LogP contribution >= 0.6 is 0 Å². The van der Waals surface area contributed by atoms with Crippen LogP contribution < -0.4 is 10.5 Å². The molecule has 10 nitrogen and oxygen atoms in total. The van der Waals surface area contributed by atoms with Crippen molar-refractivity contribution in [1.82, 2.24) is 29.5 Å². The molecular weight excluding hydrogens is 518 g/mol. The SMILES string of the molecule is CN1C(=O)c2cccc(OC(F)F)c2C2CC1c1nc3ccc(-c4cnc(C5(N)CC(C)(C#N)C5)nc4)nn3c12. The summed E-state index contributed by atoms with van der Waals surface area (Å²) in [5, 5.41) is 14.2. The molecule has 40 heavy (non-hydrogen) atoms. The van der Waals surface area contributed by atoms with Gasteiger partial charge in [-0.15, -0.1) is 0 Å². The molecule has 2 atom stereocenters. The number of rotatable bonds is 4. The van der Waals surface area contributed by atoms with Gasteiger partial charge in [0.15, 0.2) is 5.65 Å². The van der Waals surface area contributed by atoms with Gasteiger partial charge in [-0.2, -0.15) is 19.1 Å². The molecule has 2 aliphatic carbocycles. The maximum Gasteiger partial charge on any atom is 0.387 e. The molecule has 1 saturated carbocycles. The zero-order valence-corrected chi connectivity index (χ0v) is 21.7. The third-order valence-electron chi connectivity index (χ3n) is 8.37. The first-order chi connectivity index (χ1) is 19.1. The number of hydrogen-bond acceptors (Lipinski definition) is 8. The second-order valence-corrected chi connectivity index (χ2v) is 11.2. The van der Waals surface area contributed by atoms with Crippen LogP contribution in [0.3, 0.4) is 0 Å². The Hall–Kier alpha value is -4.50. The van der Waals surface area contributed by atoms with Gasteiger partial charge in [0.1, 0.15) is 11.6 Å². The summed E-state index contributed by atoms with van der Waals surface area (Å²) < 4.78 is 33.3. The van der Waals surface area contributed by atoms with Gasteiger partial charge >= 0.3 is 6.61 Å². The first kappa shape index (κ1) is 24.5. The van der Waals surface area contributed by atoms with Gasteiger partial charge in [-0.1, -0.05) is 6.07 Å². The minimum Gasteiger partial charge on any atom is -0.434 e. The number of carbonyl (C=O) groups excluding carboxylic acids is 1. The molecule has 0 saturated heterocycles. The van der Waals surface area contributed by atoms with E-state index in [1.165, 1.54) is 6.07 Å². The van der Waals surface area contributed by atoms with Crippen molar-refractivity contribution in [2.75, 3.05) is 7.05 Å². The average Bonchev–Trinajstić information content (AvgIpc) is 3.45. The second-order valence-electron chi connectivity index (χ2n) is 11.2. The molecule has 12 heteroatoms. The van der Waals surface area contributed by atoms with Crippen molar-refractivity contribution in [2.45, 2.75) is 50.3 Å². The van der Waals surface area contributed by atoms with Gasteiger partial charge in [-0.25, -0.2) is 19.5 Å². The van der Waals surface area contributed by atoms with Crippen molar-refractivity contribution < 1.29 is 18.3 Å². The number of hydrogen-bond donors (Lipinski definition) is 1. The van der Waals surface area contributed by atoms with Crippen LogP contribution in [0.2, 0.25) is 0 Å². The number of alkyl halides is 2. The van der Waals surface area contributed by atoms with Gasteiger partial charge < -0.3 is 15.4 Å². The lowest BCUT2D eigenvalue weighted by atomic mass is 9.59. The van der Waals surface area contributed by atoms with Gasteiger partial charge in [0.2, 0.25) is 0 Å². The fourth-order valence-electron chi connectivity index (χ4n) is 6.65. The van der Waals surface area contributed by atoms with Crippen LogP contribution in [-0.2, 0) is 5.54 Å². The fraction of sp³-hybridized carbons (Fsp3) is 0.357. The third kappa shape index (κ3) is 3.43. The molecule has 2 unspecified atom stereocenters. The average molecular weight is 543 g/mol. The molecule has 0 radical (unpaired) electrons. The van der Waals surface area contributed by atoms with Crippen LogP contribution in [0.25, 0.3) is 16.9 Å². The molecule has 7 rings (SSSR count). The van der Waals surface area contributed by atoms with Gasteiger partial charge in [-0.05, 0) is 50.5 Å². The number of benzene rings is 1. The monoisotopic (exact) mass is 542 g/mol. The van der Waals surface area contributed by atoms with Crippen molar-refractivity contribution in [3.05, 3.63) is 71.1 Å². The van der Waals surface area contributed by atoms with E-state index < -0.39 is 23.5 Å². The molecule has 3 aliphatic rings. The standard InChI is InChI=1S/C28H24F2N8O2/c1-27(13-31)11-28(32,12-27)25-33-9-14(10-34-25)17-6-7-20-35-22-18-8-16(23(22)38(20)36-17)21-15(24(39)37(18)2)4-3-5-19(21)40-26(29)30/h3-7,9-10,16,18,26H,8,11-12,32H2,1-2H3. The smallest absolute Gasteiger partial charge is 0.387 e. The molecule has 4 aromatic rings. The largest absolute Gasteiger partial charge is 0.434 e. The van der Waals surface area contributed by atoms with Crippen molar-refractivity contribution in [1.29, 1.82) is 5.26 Å². The highest BCUT2D eigenvalue weighted by atomic mass is 19.3. The molecule has 1 fully saturated rings. The fourth-order valence-corrected chi connectivity index (χ4v) is 6.65. The summed E-state index contributed by atoms with van der Waals surface area (Å²) in [6.45, 7) is -1.16. The third-order valence-corrected chi connectivity index (χ3v) is 8.37. The predicted octanol–water partition coefficient (Wildman–Crippen LogP) is 3.93. The number of amides is 1. The molecule has 1 amide bonds. The molecule has 2 N–H and O–H groups in total. The Bertz CT molecular complexity index is 1740. The summed E-state index contributed by atoms with van der Waals surface area (Å²) in [5.41, 5.74) is 9.23. The van der Waals surface area contributed by atoms with Crippen molar-refractivity contribution in [3.8, 4) is 23.1 Å². The first-order valence-corrected chi connectivity index (χ1v) is 12.9. The number of imidazole rings is 1. The molecule has 202 valence electrons. The zero-order valence-electron chi connectivity index (χ0n) is 21.7. The second kappa shape index (κ2) is 8.25. The van der Waals surface area contributed by atoms with E-state index in [0.29, 0.717) is 58.8 Å². The van der Waals surface area contributed by atoms with E-state index >= 15 is 0 Å². The van der Waals surface area contributed by atoms with Gasteiger partial charge in [0.25, 0.3) is 5.91 Å². The maximum absolute atomic E-state index is 13.3. The maximum atomic E-state index is 13.3. The summed E-state index contributed by atoms with van der Waals surface area (Å²) in [6, 6.07) is 10.2. The summed E-state index contributed by atoms with van der Waals surface area (Å²) in [7, 11) is 1.70. The Morgan fingerprint density at radius 3 is 2.65 bits per heavy atom. The topological polar surface area (TPSA) is 135 Å². The van der Waals surface area contributed by atoms with Crippen LogP contribution in [-0.4, -0.2) is 49.0 Å². The lowest BCUT2D eigenvalue weighted by Gasteiger charge is -2.47. The number of nitrogens with two attached hydrogens (primary N) is 1. The number of nitrogens with zero attached hydrogens (tertiary/aromatic N) is 7. The number of ether oxygens (including phenoxy) is 1. The molecule has 1 aromatic carbocycles. The summed E-state index contributed by atoms with van der Waals surface area (Å²) >= 11 is 0. The predicted molar refractivity (Wildman–Crippen MR) is 137 cm³/mol. The van der Waals surface area contributed by atoms with Crippen molar-refractivity contribution in [2.24, 2.45) is 11.1 Å². The lowest BCUT2D eigenvalue weighted by Crippen LogP contribution is -2.54. The number of fused-ring (bicyclic) bond motifs is 9. The van der Waals surface area contributed by atoms with Crippen LogP contribution in [0, 0.1) is 16.7 Å². The van der Waals surface area contributed by atoms with E-state index in [2.05, 4.69) is 16.0 Å². The highest BCUT2D eigenvalue weighted by molar-refractivity contribution is 5.98. The Morgan fingerprint density at radius 2 is 1.95 bits per heavy atom. The first-order valence-electron chi connectivity index (χ1n) is 12.9. The van der Waals surface area contributed by atoms with Crippen LogP contribution in [0.5, 0.6) is 5.75 Å². The van der Waals surface area contributed by atoms with Crippen molar-refractivity contribution in [3.63, 3.8) is 0 Å². The van der Waals surface area contributed by atoms with E-state index in [4.69, 9.17) is 20.6 Å². The van der Waals surface area contributed by atoms with Gasteiger partial charge in [-0.3, -0.25) is 4.79 Å². The van der Waals surface area contributed by atoms with Crippen LogP contribution in [0.4, 0.5) is 8.78 Å². The zero-order chi connectivity index (χ0) is 28.0. The molecule has 4 heterocycles. The van der Waals surface area contributed by atoms with Gasteiger partial charge in [0, 0.05) is 42.0 Å². The minimum atomic E-state index is -3.03. The van der Waals surface area contributed by atoms with E-state index in [-0.39, 0.29) is 17.7 Å². The van der Waals surface area contributed by atoms with Crippen LogP contribution in [0.1, 0.15) is 71.3 Å². The quantitative estimate of drug-likeness (QED) is 0.410. The summed E-state index contributed by atoms with van der Waals surface area (Å²) in [4.78, 5) is 28.7. The Kier molecular flexibility index (Phi) is 5.06. The minimum absolute atomic E-state index is 0.0259. The number of aromatic nitrogens is 5. The number of halogens is 2. The lowest BCUT2D eigenvalue weighted by molar-refractivity contribution is -0.0506. The van der Waals surface area contributed by atoms with E-state index in [9.17, 15) is 18.8 Å². The van der Waals surface area contributed by atoms with Gasteiger partial charge in [0.05, 0.1) is 40.1 Å². The van der Waals surface area contributed by atoms with E-state index in [0.717, 1.165) is 5.69 Å². The number of nitriles is 1. The normalized spacial score (nSPS) is 26.7. The highest BCUT2D eigenvalue weighted by Crippen LogP contribution is 2.53. The van der Waals surface area contributed by atoms with E-state index in [1.807, 2.05) is 19.1 Å². The molecule has 0 spiro atoms. The highest BCUT2D eigenvalue weighted by Gasteiger charge is 2.53. The van der Waals surface area contributed by atoms with Crippen molar-refractivity contribution >= 4 is 11.6 Å². The Morgan fingerprint density at radius 1 is 1.20 bits per heavy atom. The Labute approximate surface area is 227 Å². The van der Waals surface area contributed by atoms with E-state index in [1.54, 1.807) is 41.0 Å². The van der Waals surface area contributed by atoms with Crippen LogP contribution in [0.15, 0.2) is 42.7 Å². The molecular formula is C28H24F2N8O2. The summed E-state index contributed by atoms with van der Waals surface area (Å²) in [6.07, 6.45) is 4.76. The summed E-state index contributed by atoms with van der Waals surface area (Å²) in [5.74, 6) is -0.244. The number of carbonyl (C=O) groups is 1.